The highest BCUT2D eigenvalue weighted by Gasteiger charge is 2.20. The van der Waals surface area contributed by atoms with Crippen molar-refractivity contribution in [3.8, 4) is 22.5 Å². The molecule has 1 aromatic carbocycles. The molecule has 0 bridgehead atoms. The standard InChI is InChI=1S/C24H25N7O2/c1-25-11-20-15-31(16-22(32)30-6-8-33-9-7-30)24-21(20)13-26-23(28-24)18-5-3-4-17(10-18)19-12-27-29(2)14-19/h3-5,10-15H,6-9,16H2,1-2H3/b25-11-. The fourth-order valence-electron chi connectivity index (χ4n) is 4.06. The molecule has 0 N–H and O–H groups in total. The van der Waals surface area contributed by atoms with E-state index in [0.717, 1.165) is 27.6 Å². The number of rotatable bonds is 5. The summed E-state index contributed by atoms with van der Waals surface area (Å²) in [6, 6.07) is 8.07. The fourth-order valence-corrected chi connectivity index (χ4v) is 4.06. The Labute approximate surface area is 191 Å². The first-order chi connectivity index (χ1) is 16.1. The molecule has 4 heterocycles. The van der Waals surface area contributed by atoms with Gasteiger partial charge in [0, 0.05) is 74.1 Å². The topological polar surface area (TPSA) is 90.4 Å². The van der Waals surface area contributed by atoms with Gasteiger partial charge in [-0.15, -0.1) is 0 Å². The Morgan fingerprint density at radius 1 is 1.15 bits per heavy atom. The highest BCUT2D eigenvalue weighted by molar-refractivity contribution is 5.98. The van der Waals surface area contributed by atoms with Crippen molar-refractivity contribution in [1.82, 2.24) is 29.2 Å². The molecule has 0 spiro atoms. The van der Waals surface area contributed by atoms with Crippen LogP contribution < -0.4 is 0 Å². The van der Waals surface area contributed by atoms with Gasteiger partial charge >= 0.3 is 0 Å². The Bertz CT molecular complexity index is 1330. The van der Waals surface area contributed by atoms with E-state index < -0.39 is 0 Å². The van der Waals surface area contributed by atoms with Crippen LogP contribution in [0.4, 0.5) is 0 Å². The van der Waals surface area contributed by atoms with E-state index in [1.165, 1.54) is 0 Å². The quantitative estimate of drug-likeness (QED) is 0.442. The largest absolute Gasteiger partial charge is 0.378 e. The number of aromatic nitrogens is 5. The molecule has 0 unspecified atom stereocenters. The lowest BCUT2D eigenvalue weighted by atomic mass is 10.1. The van der Waals surface area contributed by atoms with Gasteiger partial charge in [0.15, 0.2) is 5.82 Å². The molecular weight excluding hydrogens is 418 g/mol. The van der Waals surface area contributed by atoms with Crippen LogP contribution >= 0.6 is 0 Å². The van der Waals surface area contributed by atoms with Crippen LogP contribution in [0.1, 0.15) is 5.56 Å². The summed E-state index contributed by atoms with van der Waals surface area (Å²) in [4.78, 5) is 28.4. The molecule has 0 saturated carbocycles. The van der Waals surface area contributed by atoms with Crippen LogP contribution in [0.15, 0.2) is 54.0 Å². The van der Waals surface area contributed by atoms with Gasteiger partial charge in [0.1, 0.15) is 12.2 Å². The van der Waals surface area contributed by atoms with Crippen LogP contribution in [0.2, 0.25) is 0 Å². The number of ether oxygens (including phenoxy) is 1. The summed E-state index contributed by atoms with van der Waals surface area (Å²) in [6.07, 6.45) is 9.30. The third kappa shape index (κ3) is 4.27. The molecule has 168 valence electrons. The molecule has 1 aliphatic heterocycles. The van der Waals surface area contributed by atoms with E-state index in [0.29, 0.717) is 37.8 Å². The molecule has 0 atom stereocenters. The van der Waals surface area contributed by atoms with E-state index in [4.69, 9.17) is 9.72 Å². The molecule has 0 radical (unpaired) electrons. The van der Waals surface area contributed by atoms with Gasteiger partial charge < -0.3 is 14.2 Å². The Kier molecular flexibility index (Phi) is 5.70. The minimum absolute atomic E-state index is 0.0499. The molecule has 33 heavy (non-hydrogen) atoms. The number of carbonyl (C=O) groups is 1. The van der Waals surface area contributed by atoms with Crippen molar-refractivity contribution in [1.29, 1.82) is 0 Å². The highest BCUT2D eigenvalue weighted by atomic mass is 16.5. The summed E-state index contributed by atoms with van der Waals surface area (Å²) in [5.74, 6) is 0.653. The third-order valence-electron chi connectivity index (χ3n) is 5.74. The van der Waals surface area contributed by atoms with Crippen molar-refractivity contribution in [3.63, 3.8) is 0 Å². The van der Waals surface area contributed by atoms with Crippen LogP contribution in [-0.4, -0.2) is 74.7 Å². The maximum atomic E-state index is 12.9. The number of morpholine rings is 1. The van der Waals surface area contributed by atoms with Gasteiger partial charge in [-0.05, 0) is 11.6 Å². The van der Waals surface area contributed by atoms with E-state index in [9.17, 15) is 4.79 Å². The zero-order valence-corrected chi connectivity index (χ0v) is 18.7. The zero-order chi connectivity index (χ0) is 22.8. The zero-order valence-electron chi connectivity index (χ0n) is 18.7. The fraction of sp³-hybridized carbons (Fsp3) is 0.292. The molecule has 1 amide bonds. The van der Waals surface area contributed by atoms with E-state index in [1.54, 1.807) is 24.1 Å². The molecule has 1 aliphatic rings. The first-order valence-corrected chi connectivity index (χ1v) is 10.9. The second kappa shape index (κ2) is 8.95. The Morgan fingerprint density at radius 2 is 1.97 bits per heavy atom. The van der Waals surface area contributed by atoms with E-state index in [2.05, 4.69) is 21.1 Å². The SMILES string of the molecule is C/N=C\c1cn(CC(=O)N2CCOCC2)c2nc(-c3cccc(-c4cnn(C)c4)c3)ncc12. The maximum Gasteiger partial charge on any atom is 0.242 e. The van der Waals surface area contributed by atoms with E-state index in [1.807, 2.05) is 53.3 Å². The van der Waals surface area contributed by atoms with E-state index in [-0.39, 0.29) is 12.5 Å². The van der Waals surface area contributed by atoms with Crippen molar-refractivity contribution in [2.45, 2.75) is 6.54 Å². The van der Waals surface area contributed by atoms with Gasteiger partial charge in [-0.1, -0.05) is 18.2 Å². The maximum absolute atomic E-state index is 12.9. The summed E-state index contributed by atoms with van der Waals surface area (Å²) in [5, 5.41) is 5.12. The normalized spacial score (nSPS) is 14.4. The lowest BCUT2D eigenvalue weighted by Crippen LogP contribution is -2.42. The number of amides is 1. The van der Waals surface area contributed by atoms with Crippen LogP contribution in [0.5, 0.6) is 0 Å². The van der Waals surface area contributed by atoms with Gasteiger partial charge in [-0.2, -0.15) is 5.10 Å². The summed E-state index contributed by atoms with van der Waals surface area (Å²) in [5.41, 5.74) is 4.57. The molecule has 9 heteroatoms. The number of carbonyl (C=O) groups excluding carboxylic acids is 1. The molecule has 3 aromatic heterocycles. The number of benzene rings is 1. The number of nitrogens with zero attached hydrogens (tertiary/aromatic N) is 7. The minimum Gasteiger partial charge on any atom is -0.378 e. The molecule has 0 aliphatic carbocycles. The van der Waals surface area contributed by atoms with E-state index >= 15 is 0 Å². The third-order valence-corrected chi connectivity index (χ3v) is 5.74. The monoisotopic (exact) mass is 443 g/mol. The number of fused-ring (bicyclic) bond motifs is 1. The number of aliphatic imine (C=N–C) groups is 1. The van der Waals surface area contributed by atoms with Crippen molar-refractivity contribution < 1.29 is 9.53 Å². The highest BCUT2D eigenvalue weighted by Crippen LogP contribution is 2.26. The van der Waals surface area contributed by atoms with Gasteiger partial charge in [0.25, 0.3) is 0 Å². The van der Waals surface area contributed by atoms with Gasteiger partial charge in [0.2, 0.25) is 5.91 Å². The molecule has 9 nitrogen and oxygen atoms in total. The average Bonchev–Trinajstić information content (AvgIpc) is 3.43. The summed E-state index contributed by atoms with van der Waals surface area (Å²) >= 11 is 0. The first-order valence-electron chi connectivity index (χ1n) is 10.9. The van der Waals surface area contributed by atoms with Crippen LogP contribution in [0.25, 0.3) is 33.5 Å². The first kappa shape index (κ1) is 21.0. The minimum atomic E-state index is 0.0499. The second-order valence-corrected chi connectivity index (χ2v) is 8.01. The van der Waals surface area contributed by atoms with Crippen molar-refractivity contribution in [3.05, 3.63) is 54.6 Å². The van der Waals surface area contributed by atoms with Crippen molar-refractivity contribution >= 4 is 23.2 Å². The predicted octanol–water partition coefficient (Wildman–Crippen LogP) is 2.41. The van der Waals surface area contributed by atoms with Crippen molar-refractivity contribution in [2.75, 3.05) is 33.4 Å². The van der Waals surface area contributed by atoms with Crippen LogP contribution in [0, 0.1) is 0 Å². The van der Waals surface area contributed by atoms with Crippen molar-refractivity contribution in [2.24, 2.45) is 12.0 Å². The molecule has 1 fully saturated rings. The lowest BCUT2D eigenvalue weighted by molar-refractivity contribution is -0.135. The average molecular weight is 444 g/mol. The number of hydrogen-bond acceptors (Lipinski definition) is 6. The lowest BCUT2D eigenvalue weighted by Gasteiger charge is -2.27. The van der Waals surface area contributed by atoms with Gasteiger partial charge in [-0.25, -0.2) is 9.97 Å². The molecule has 4 aromatic rings. The van der Waals surface area contributed by atoms with Crippen LogP contribution in [0.3, 0.4) is 0 Å². The van der Waals surface area contributed by atoms with Gasteiger partial charge in [0.05, 0.1) is 19.4 Å². The predicted molar refractivity (Wildman–Crippen MR) is 126 cm³/mol. The smallest absolute Gasteiger partial charge is 0.242 e. The summed E-state index contributed by atoms with van der Waals surface area (Å²) in [6.45, 7) is 2.59. The molecular formula is C24H25N7O2. The Balaban J connectivity index is 1.52. The van der Waals surface area contributed by atoms with Gasteiger partial charge in [-0.3, -0.25) is 14.5 Å². The molecule has 1 saturated heterocycles. The molecule has 5 rings (SSSR count). The Hall–Kier alpha value is -3.85. The number of hydrogen-bond donors (Lipinski definition) is 0. The summed E-state index contributed by atoms with van der Waals surface area (Å²) < 4.78 is 9.04. The number of aryl methyl sites for hydroxylation is 1. The second-order valence-electron chi connectivity index (χ2n) is 8.01. The van der Waals surface area contributed by atoms with Crippen LogP contribution in [-0.2, 0) is 23.1 Å². The Morgan fingerprint density at radius 3 is 2.73 bits per heavy atom. The summed E-state index contributed by atoms with van der Waals surface area (Å²) in [7, 11) is 3.62.